The zero-order chi connectivity index (χ0) is 13.1. The minimum atomic E-state index is -0.277. The van der Waals surface area contributed by atoms with E-state index in [4.69, 9.17) is 4.42 Å². The number of aromatic nitrogens is 1. The van der Waals surface area contributed by atoms with Crippen LogP contribution in [0.1, 0.15) is 35.0 Å². The van der Waals surface area contributed by atoms with Crippen molar-refractivity contribution < 1.29 is 9.21 Å². The Kier molecular flexibility index (Phi) is 3.78. The number of anilines is 1. The third-order valence-electron chi connectivity index (χ3n) is 2.58. The summed E-state index contributed by atoms with van der Waals surface area (Å²) in [6, 6.07) is 3.57. The molecule has 0 saturated carbocycles. The molecule has 0 saturated heterocycles. The zero-order valence-corrected chi connectivity index (χ0v) is 11.3. The van der Waals surface area contributed by atoms with E-state index < -0.39 is 0 Å². The van der Waals surface area contributed by atoms with Gasteiger partial charge in [0.2, 0.25) is 0 Å². The van der Waals surface area contributed by atoms with Crippen molar-refractivity contribution in [2.24, 2.45) is 0 Å². The first kappa shape index (κ1) is 12.8. The van der Waals surface area contributed by atoms with Crippen molar-refractivity contribution in [3.05, 3.63) is 34.7 Å². The Labute approximate surface area is 109 Å². The molecule has 0 spiro atoms. The van der Waals surface area contributed by atoms with Crippen molar-refractivity contribution in [2.45, 2.75) is 19.9 Å². The predicted molar refractivity (Wildman–Crippen MR) is 71.0 cm³/mol. The molecule has 2 N–H and O–H groups in total. The van der Waals surface area contributed by atoms with Gasteiger partial charge in [-0.25, -0.2) is 4.98 Å². The van der Waals surface area contributed by atoms with E-state index >= 15 is 0 Å². The highest BCUT2D eigenvalue weighted by Gasteiger charge is 2.13. The van der Waals surface area contributed by atoms with Crippen molar-refractivity contribution in [1.82, 2.24) is 10.3 Å². The van der Waals surface area contributed by atoms with Gasteiger partial charge in [-0.1, -0.05) is 0 Å². The van der Waals surface area contributed by atoms with Crippen molar-refractivity contribution in [3.63, 3.8) is 0 Å². The highest BCUT2D eigenvalue weighted by Crippen LogP contribution is 2.21. The summed E-state index contributed by atoms with van der Waals surface area (Å²) >= 11 is 1.40. The molecule has 2 aromatic heterocycles. The molecule has 0 aliphatic carbocycles. The summed E-state index contributed by atoms with van der Waals surface area (Å²) in [5, 5.41) is 8.31. The van der Waals surface area contributed by atoms with E-state index in [9.17, 15) is 4.79 Å². The van der Waals surface area contributed by atoms with Crippen LogP contribution in [0.3, 0.4) is 0 Å². The van der Waals surface area contributed by atoms with Gasteiger partial charge in [0.25, 0.3) is 5.91 Å². The van der Waals surface area contributed by atoms with Crippen molar-refractivity contribution >= 4 is 22.4 Å². The number of rotatable bonds is 4. The van der Waals surface area contributed by atoms with E-state index in [2.05, 4.69) is 15.6 Å². The molecule has 2 heterocycles. The van der Waals surface area contributed by atoms with E-state index in [1.807, 2.05) is 19.4 Å². The summed E-state index contributed by atoms with van der Waals surface area (Å²) in [6.07, 6.45) is 0. The number of hydrogen-bond donors (Lipinski definition) is 2. The second-order valence-electron chi connectivity index (χ2n) is 3.95. The first-order valence-corrected chi connectivity index (χ1v) is 6.48. The average molecular weight is 265 g/mol. The minimum Gasteiger partial charge on any atom is -0.456 e. The fourth-order valence-electron chi connectivity index (χ4n) is 1.41. The predicted octanol–water partition coefficient (Wildman–Crippen LogP) is 2.58. The summed E-state index contributed by atoms with van der Waals surface area (Å²) in [5.74, 6) is 0.732. The summed E-state index contributed by atoms with van der Waals surface area (Å²) in [6.45, 7) is 3.81. The first-order valence-electron chi connectivity index (χ1n) is 5.60. The topological polar surface area (TPSA) is 67.2 Å². The molecule has 6 heteroatoms. The van der Waals surface area contributed by atoms with Crippen LogP contribution in [0.2, 0.25) is 0 Å². The molecule has 1 unspecified atom stereocenters. The Bertz CT molecular complexity index is 547. The van der Waals surface area contributed by atoms with Gasteiger partial charge in [0.15, 0.2) is 10.9 Å². The lowest BCUT2D eigenvalue weighted by Gasteiger charge is -2.04. The van der Waals surface area contributed by atoms with Gasteiger partial charge in [-0.2, -0.15) is 0 Å². The second kappa shape index (κ2) is 5.32. The third kappa shape index (κ3) is 2.77. The average Bonchev–Trinajstić information content (AvgIpc) is 2.97. The number of carbonyl (C=O) groups excluding carboxylic acids is 1. The third-order valence-corrected chi connectivity index (χ3v) is 3.36. The number of aryl methyl sites for hydroxylation is 1. The van der Waals surface area contributed by atoms with E-state index in [1.54, 1.807) is 19.1 Å². The van der Waals surface area contributed by atoms with Crippen LogP contribution in [0.15, 0.2) is 21.9 Å². The molecule has 96 valence electrons. The molecular weight excluding hydrogens is 250 g/mol. The number of thiazole rings is 1. The van der Waals surface area contributed by atoms with Gasteiger partial charge in [-0.15, -0.1) is 11.3 Å². The van der Waals surface area contributed by atoms with E-state index in [0.29, 0.717) is 16.7 Å². The lowest BCUT2D eigenvalue weighted by Crippen LogP contribution is -2.14. The maximum atomic E-state index is 11.8. The molecule has 1 amide bonds. The largest absolute Gasteiger partial charge is 0.456 e. The lowest BCUT2D eigenvalue weighted by molar-refractivity contribution is 0.0995. The summed E-state index contributed by atoms with van der Waals surface area (Å²) in [7, 11) is 1.87. The van der Waals surface area contributed by atoms with Crippen LogP contribution in [-0.2, 0) is 0 Å². The molecule has 0 aromatic carbocycles. The molecular formula is C12H15N3O2S. The van der Waals surface area contributed by atoms with Gasteiger partial charge in [-0.3, -0.25) is 10.1 Å². The quantitative estimate of drug-likeness (QED) is 0.891. The van der Waals surface area contributed by atoms with Gasteiger partial charge in [0, 0.05) is 11.4 Å². The molecule has 0 radical (unpaired) electrons. The van der Waals surface area contributed by atoms with Gasteiger partial charge in [0.1, 0.15) is 5.76 Å². The summed E-state index contributed by atoms with van der Waals surface area (Å²) < 4.78 is 5.25. The van der Waals surface area contributed by atoms with Gasteiger partial charge in [-0.05, 0) is 33.0 Å². The highest BCUT2D eigenvalue weighted by molar-refractivity contribution is 7.14. The van der Waals surface area contributed by atoms with E-state index in [1.165, 1.54) is 11.3 Å². The van der Waals surface area contributed by atoms with Gasteiger partial charge in [0.05, 0.1) is 5.69 Å². The molecule has 5 nitrogen and oxygen atoms in total. The fourth-order valence-corrected chi connectivity index (χ4v) is 2.20. The highest BCUT2D eigenvalue weighted by atomic mass is 32.1. The summed E-state index contributed by atoms with van der Waals surface area (Å²) in [5.41, 5.74) is 0.911. The molecule has 1 atom stereocenters. The number of hydrogen-bond acceptors (Lipinski definition) is 5. The number of furan rings is 1. The van der Waals surface area contributed by atoms with Crippen molar-refractivity contribution in [1.29, 1.82) is 0 Å². The Morgan fingerprint density at radius 1 is 1.50 bits per heavy atom. The maximum Gasteiger partial charge on any atom is 0.293 e. The lowest BCUT2D eigenvalue weighted by atomic mass is 10.3. The standard InChI is InChI=1S/C12H15N3O2S/c1-7-4-5-10(17-7)11(16)15-12-14-9(6-18-12)8(2)13-3/h4-6,8,13H,1-3H3,(H,14,15,16). The summed E-state index contributed by atoms with van der Waals surface area (Å²) in [4.78, 5) is 16.2. The van der Waals surface area contributed by atoms with Crippen LogP contribution in [0.5, 0.6) is 0 Å². The maximum absolute atomic E-state index is 11.8. The van der Waals surface area contributed by atoms with E-state index in [-0.39, 0.29) is 11.9 Å². The SMILES string of the molecule is CNC(C)c1csc(NC(=O)c2ccc(C)o2)n1. The normalized spacial score (nSPS) is 12.4. The first-order chi connectivity index (χ1) is 8.60. The molecule has 2 aromatic rings. The Hall–Kier alpha value is -1.66. The Morgan fingerprint density at radius 2 is 2.28 bits per heavy atom. The number of carbonyl (C=O) groups is 1. The molecule has 0 bridgehead atoms. The molecule has 0 aliphatic heterocycles. The van der Waals surface area contributed by atoms with E-state index in [0.717, 1.165) is 5.69 Å². The fraction of sp³-hybridized carbons (Fsp3) is 0.333. The van der Waals surface area contributed by atoms with Crippen molar-refractivity contribution in [2.75, 3.05) is 12.4 Å². The van der Waals surface area contributed by atoms with Gasteiger partial charge >= 0.3 is 0 Å². The molecule has 0 aliphatic rings. The number of nitrogens with one attached hydrogen (secondary N) is 2. The van der Waals surface area contributed by atoms with Crippen LogP contribution in [0.4, 0.5) is 5.13 Å². The van der Waals surface area contributed by atoms with Crippen LogP contribution >= 0.6 is 11.3 Å². The molecule has 18 heavy (non-hydrogen) atoms. The van der Waals surface area contributed by atoms with Crippen LogP contribution < -0.4 is 10.6 Å². The van der Waals surface area contributed by atoms with Crippen LogP contribution in [0, 0.1) is 6.92 Å². The second-order valence-corrected chi connectivity index (χ2v) is 4.81. The smallest absolute Gasteiger partial charge is 0.293 e. The van der Waals surface area contributed by atoms with Crippen LogP contribution in [-0.4, -0.2) is 17.9 Å². The zero-order valence-electron chi connectivity index (χ0n) is 10.5. The molecule has 0 fully saturated rings. The van der Waals surface area contributed by atoms with Crippen molar-refractivity contribution in [3.8, 4) is 0 Å². The minimum absolute atomic E-state index is 0.165. The Balaban J connectivity index is 2.05. The Morgan fingerprint density at radius 3 is 2.89 bits per heavy atom. The van der Waals surface area contributed by atoms with Gasteiger partial charge < -0.3 is 9.73 Å². The van der Waals surface area contributed by atoms with Crippen LogP contribution in [0.25, 0.3) is 0 Å². The monoisotopic (exact) mass is 265 g/mol. The number of nitrogens with zero attached hydrogens (tertiary/aromatic N) is 1. The number of amides is 1. The molecule has 2 rings (SSSR count).